The van der Waals surface area contributed by atoms with E-state index < -0.39 is 30.4 Å². The molecule has 4 heterocycles. The van der Waals surface area contributed by atoms with E-state index in [4.69, 9.17) is 9.15 Å². The van der Waals surface area contributed by atoms with Gasteiger partial charge < -0.3 is 24.7 Å². The van der Waals surface area contributed by atoms with Crippen molar-refractivity contribution < 1.29 is 23.8 Å². The largest absolute Gasteiger partial charge is 0.422 e. The molecule has 4 aromatic rings. The lowest BCUT2D eigenvalue weighted by atomic mass is 9.97. The fourth-order valence-electron chi connectivity index (χ4n) is 3.57. The number of aliphatic hydroxyl groups is 2. The second-order valence-electron chi connectivity index (χ2n) is 8.78. The van der Waals surface area contributed by atoms with Gasteiger partial charge in [-0.25, -0.2) is 19.3 Å². The molecule has 1 aromatic carbocycles. The van der Waals surface area contributed by atoms with Crippen LogP contribution in [0.25, 0.3) is 11.2 Å². The van der Waals surface area contributed by atoms with E-state index >= 15 is 0 Å². The highest BCUT2D eigenvalue weighted by Gasteiger charge is 2.48. The number of hydrogen-bond donors (Lipinski definition) is 3. The third kappa shape index (κ3) is 3.71. The molecule has 0 spiro atoms. The van der Waals surface area contributed by atoms with Crippen LogP contribution < -0.4 is 5.32 Å². The second-order valence-corrected chi connectivity index (χ2v) is 8.78. The van der Waals surface area contributed by atoms with Crippen molar-refractivity contribution in [1.29, 1.82) is 0 Å². The van der Waals surface area contributed by atoms with E-state index in [-0.39, 0.29) is 22.8 Å². The third-order valence-corrected chi connectivity index (χ3v) is 5.32. The zero-order chi connectivity index (χ0) is 23.3. The zero-order valence-corrected chi connectivity index (χ0v) is 18.0. The van der Waals surface area contributed by atoms with Gasteiger partial charge in [-0.1, -0.05) is 32.9 Å². The van der Waals surface area contributed by atoms with Crippen LogP contribution in [0.2, 0.25) is 0 Å². The molecule has 172 valence electrons. The Morgan fingerprint density at radius 2 is 1.85 bits per heavy atom. The molecule has 0 aliphatic carbocycles. The Kier molecular flexibility index (Phi) is 5.07. The van der Waals surface area contributed by atoms with Crippen LogP contribution in [-0.2, 0) is 10.2 Å². The highest BCUT2D eigenvalue weighted by molar-refractivity contribution is 5.85. The number of aromatic nitrogens is 6. The molecule has 0 amide bonds. The Morgan fingerprint density at radius 1 is 1.06 bits per heavy atom. The van der Waals surface area contributed by atoms with Crippen LogP contribution in [0.5, 0.6) is 0 Å². The molecule has 0 unspecified atom stereocenters. The highest BCUT2D eigenvalue weighted by atomic mass is 19.1. The van der Waals surface area contributed by atoms with Crippen molar-refractivity contribution in [2.75, 3.05) is 5.32 Å². The SMILES string of the molecule is CC(C)(C)c1nnc([C@H]2O[C@@H](n3cnc4c(Nc5ccccc5F)ncnc43)[C@H](O)[C@@H]2O)o1. The van der Waals surface area contributed by atoms with E-state index in [9.17, 15) is 14.6 Å². The number of nitrogens with one attached hydrogen (secondary N) is 1. The minimum Gasteiger partial charge on any atom is -0.422 e. The molecule has 11 nitrogen and oxygen atoms in total. The van der Waals surface area contributed by atoms with Gasteiger partial charge >= 0.3 is 0 Å². The molecule has 3 aromatic heterocycles. The summed E-state index contributed by atoms with van der Waals surface area (Å²) < 4.78 is 27.1. The molecule has 33 heavy (non-hydrogen) atoms. The second kappa shape index (κ2) is 7.83. The van der Waals surface area contributed by atoms with Crippen LogP contribution in [0.1, 0.15) is 44.9 Å². The van der Waals surface area contributed by atoms with Crippen molar-refractivity contribution in [3.63, 3.8) is 0 Å². The summed E-state index contributed by atoms with van der Waals surface area (Å²) in [6, 6.07) is 6.17. The minimum atomic E-state index is -1.32. The third-order valence-electron chi connectivity index (χ3n) is 5.32. The molecule has 5 rings (SSSR count). The average Bonchev–Trinajstić information content (AvgIpc) is 3.49. The van der Waals surface area contributed by atoms with Crippen molar-refractivity contribution >= 4 is 22.7 Å². The summed E-state index contributed by atoms with van der Waals surface area (Å²) in [5.74, 6) is 0.282. The van der Waals surface area contributed by atoms with Gasteiger partial charge in [0.05, 0.1) is 12.0 Å². The van der Waals surface area contributed by atoms with Crippen LogP contribution in [0.3, 0.4) is 0 Å². The van der Waals surface area contributed by atoms with Gasteiger partial charge in [0.1, 0.15) is 24.4 Å². The number of ether oxygens (including phenoxy) is 1. The molecule has 1 aliphatic rings. The number of halogens is 1. The van der Waals surface area contributed by atoms with Gasteiger partial charge in [-0.3, -0.25) is 4.57 Å². The highest BCUT2D eigenvalue weighted by Crippen LogP contribution is 2.40. The van der Waals surface area contributed by atoms with Gasteiger partial charge in [-0.05, 0) is 12.1 Å². The number of nitrogens with zero attached hydrogens (tertiary/aromatic N) is 6. The van der Waals surface area contributed by atoms with Gasteiger partial charge in [0.25, 0.3) is 0 Å². The number of para-hydroxylation sites is 1. The maximum atomic E-state index is 14.1. The van der Waals surface area contributed by atoms with Crippen molar-refractivity contribution in [2.24, 2.45) is 0 Å². The van der Waals surface area contributed by atoms with Crippen LogP contribution in [-0.4, -0.2) is 52.1 Å². The number of fused-ring (bicyclic) bond motifs is 1. The fourth-order valence-corrected chi connectivity index (χ4v) is 3.57. The fraction of sp³-hybridized carbons (Fsp3) is 0.381. The lowest BCUT2D eigenvalue weighted by Gasteiger charge is -2.16. The van der Waals surface area contributed by atoms with E-state index in [0.29, 0.717) is 17.1 Å². The van der Waals surface area contributed by atoms with Crippen LogP contribution in [0.15, 0.2) is 41.3 Å². The maximum absolute atomic E-state index is 14.1. The summed E-state index contributed by atoms with van der Waals surface area (Å²) in [5, 5.41) is 32.2. The Morgan fingerprint density at radius 3 is 2.58 bits per heavy atom. The standard InChI is InChI=1S/C21H22FN7O4/c1-21(2,3)20-28-27-18(33-20)15-13(30)14(31)19(32-15)29-9-25-12-16(23-8-24-17(12)29)26-11-7-5-4-6-10(11)22/h4-9,13-15,19,30-31H,1-3H3,(H,23,24,26)/t13-,14+,15-,19+/m0/s1. The lowest BCUT2D eigenvalue weighted by Crippen LogP contribution is -2.29. The quantitative estimate of drug-likeness (QED) is 0.419. The number of aliphatic hydroxyl groups excluding tert-OH is 2. The molecule has 0 saturated carbocycles. The Balaban J connectivity index is 1.46. The van der Waals surface area contributed by atoms with E-state index in [0.717, 1.165) is 0 Å². The van der Waals surface area contributed by atoms with Crippen molar-refractivity contribution in [1.82, 2.24) is 29.7 Å². The predicted molar refractivity (Wildman–Crippen MR) is 113 cm³/mol. The Bertz CT molecular complexity index is 1300. The predicted octanol–water partition coefficient (Wildman–Crippen LogP) is 2.38. The first kappa shape index (κ1) is 21.4. The molecule has 3 N–H and O–H groups in total. The van der Waals surface area contributed by atoms with Gasteiger partial charge in [0, 0.05) is 5.41 Å². The Labute approximate surface area is 187 Å². The molecule has 12 heteroatoms. The van der Waals surface area contributed by atoms with Gasteiger partial charge in [-0.2, -0.15) is 0 Å². The first-order valence-corrected chi connectivity index (χ1v) is 10.3. The maximum Gasteiger partial charge on any atom is 0.248 e. The van der Waals surface area contributed by atoms with Crippen LogP contribution >= 0.6 is 0 Å². The summed E-state index contributed by atoms with van der Waals surface area (Å²) in [5.41, 5.74) is 0.501. The summed E-state index contributed by atoms with van der Waals surface area (Å²) in [6.07, 6.45) is -2.02. The van der Waals surface area contributed by atoms with E-state index in [1.54, 1.807) is 18.2 Å². The van der Waals surface area contributed by atoms with Crippen LogP contribution in [0, 0.1) is 5.82 Å². The molecule has 1 aliphatic heterocycles. The molecule has 1 fully saturated rings. The summed E-state index contributed by atoms with van der Waals surface area (Å²) >= 11 is 0. The zero-order valence-electron chi connectivity index (χ0n) is 18.0. The van der Waals surface area contributed by atoms with Gasteiger partial charge in [0.2, 0.25) is 11.8 Å². The summed E-state index contributed by atoms with van der Waals surface area (Å²) in [4.78, 5) is 12.7. The molecule has 1 saturated heterocycles. The van der Waals surface area contributed by atoms with Gasteiger partial charge in [-0.15, -0.1) is 10.2 Å². The molecule has 4 atom stereocenters. The van der Waals surface area contributed by atoms with Crippen molar-refractivity contribution in [3.05, 3.63) is 54.5 Å². The number of hydrogen-bond acceptors (Lipinski definition) is 10. The van der Waals surface area contributed by atoms with E-state index in [1.807, 2.05) is 20.8 Å². The summed E-state index contributed by atoms with van der Waals surface area (Å²) in [7, 11) is 0. The number of benzene rings is 1. The van der Waals surface area contributed by atoms with Crippen molar-refractivity contribution in [3.8, 4) is 0 Å². The molecular formula is C21H22FN7O4. The minimum absolute atomic E-state index is 0.0648. The number of rotatable bonds is 4. The van der Waals surface area contributed by atoms with E-state index in [2.05, 4.69) is 30.5 Å². The summed E-state index contributed by atoms with van der Waals surface area (Å²) in [6.45, 7) is 5.74. The average molecular weight is 455 g/mol. The van der Waals surface area contributed by atoms with E-state index in [1.165, 1.54) is 23.3 Å². The van der Waals surface area contributed by atoms with Crippen LogP contribution in [0.4, 0.5) is 15.9 Å². The topological polar surface area (TPSA) is 144 Å². The number of anilines is 2. The first-order chi connectivity index (χ1) is 15.7. The molecular weight excluding hydrogens is 433 g/mol. The number of imidazole rings is 1. The molecule has 0 bridgehead atoms. The molecule has 0 radical (unpaired) electrons. The normalized spacial score (nSPS) is 23.3. The lowest BCUT2D eigenvalue weighted by molar-refractivity contribution is -0.0441. The monoisotopic (exact) mass is 455 g/mol. The first-order valence-electron chi connectivity index (χ1n) is 10.3. The van der Waals surface area contributed by atoms with Gasteiger partial charge in [0.15, 0.2) is 29.3 Å². The Hall–Kier alpha value is -3.48. The van der Waals surface area contributed by atoms with Crippen molar-refractivity contribution in [2.45, 2.75) is 50.7 Å². The smallest absolute Gasteiger partial charge is 0.248 e.